The number of nitrogens with one attached hydrogen (secondary N) is 1. The molecule has 1 aliphatic rings. The van der Waals surface area contributed by atoms with Crippen LogP contribution in [0.4, 0.5) is 11.4 Å². The number of anilines is 2. The van der Waals surface area contributed by atoms with Crippen LogP contribution in [0.15, 0.2) is 46.9 Å². The molecule has 0 bridgehead atoms. The summed E-state index contributed by atoms with van der Waals surface area (Å²) in [6, 6.07) is 12.3. The van der Waals surface area contributed by atoms with Gasteiger partial charge in [-0.25, -0.2) is 0 Å². The molecule has 124 valence electrons. The fraction of sp³-hybridized carbons (Fsp3) is 0.222. The Hall–Kier alpha value is -1.85. The Morgan fingerprint density at radius 2 is 1.83 bits per heavy atom. The van der Waals surface area contributed by atoms with E-state index in [1.165, 1.54) is 4.90 Å². The molecule has 24 heavy (non-hydrogen) atoms. The predicted octanol–water partition coefficient (Wildman–Crippen LogP) is 4.73. The standard InChI is InChI=1S/C18H16BrClN2O2/c1-22(16-9-6-13(19)10-15(16)20)18(24)12-4-7-14(8-5-12)21-17(23)11-2-3-11/h4-11H,2-3H2,1H3,(H,21,23). The topological polar surface area (TPSA) is 49.4 Å². The van der Waals surface area contributed by atoms with Gasteiger partial charge < -0.3 is 10.2 Å². The first-order valence-electron chi connectivity index (χ1n) is 7.60. The van der Waals surface area contributed by atoms with Gasteiger partial charge in [0.1, 0.15) is 0 Å². The van der Waals surface area contributed by atoms with Crippen LogP contribution in [0.3, 0.4) is 0 Å². The van der Waals surface area contributed by atoms with Gasteiger partial charge in [-0.05, 0) is 55.3 Å². The molecule has 2 amide bonds. The summed E-state index contributed by atoms with van der Waals surface area (Å²) in [5, 5.41) is 3.35. The molecule has 6 heteroatoms. The second-order valence-electron chi connectivity index (χ2n) is 5.80. The third-order valence-corrected chi connectivity index (χ3v) is 4.72. The second-order valence-corrected chi connectivity index (χ2v) is 7.12. The summed E-state index contributed by atoms with van der Waals surface area (Å²) in [6.45, 7) is 0. The quantitative estimate of drug-likeness (QED) is 0.796. The van der Waals surface area contributed by atoms with E-state index < -0.39 is 0 Å². The Morgan fingerprint density at radius 3 is 2.42 bits per heavy atom. The zero-order valence-electron chi connectivity index (χ0n) is 13.1. The Morgan fingerprint density at radius 1 is 1.17 bits per heavy atom. The van der Waals surface area contributed by atoms with Crippen molar-refractivity contribution < 1.29 is 9.59 Å². The molecule has 0 saturated heterocycles. The minimum Gasteiger partial charge on any atom is -0.326 e. The van der Waals surface area contributed by atoms with Crippen LogP contribution >= 0.6 is 27.5 Å². The van der Waals surface area contributed by atoms with Gasteiger partial charge in [-0.1, -0.05) is 27.5 Å². The Balaban J connectivity index is 1.73. The van der Waals surface area contributed by atoms with Crippen LogP contribution in [0.25, 0.3) is 0 Å². The summed E-state index contributed by atoms with van der Waals surface area (Å²) >= 11 is 9.55. The highest BCUT2D eigenvalue weighted by atomic mass is 79.9. The minimum absolute atomic E-state index is 0.0489. The van der Waals surface area contributed by atoms with Crippen molar-refractivity contribution >= 4 is 50.7 Å². The van der Waals surface area contributed by atoms with E-state index in [0.717, 1.165) is 17.3 Å². The van der Waals surface area contributed by atoms with E-state index in [1.807, 2.05) is 6.07 Å². The summed E-state index contributed by atoms with van der Waals surface area (Å²) in [4.78, 5) is 25.9. The zero-order chi connectivity index (χ0) is 17.3. The Labute approximate surface area is 153 Å². The lowest BCUT2D eigenvalue weighted by atomic mass is 10.1. The molecule has 1 fully saturated rings. The van der Waals surface area contributed by atoms with Crippen LogP contribution in [0.5, 0.6) is 0 Å². The summed E-state index contributed by atoms with van der Waals surface area (Å²) in [5.41, 5.74) is 1.87. The highest BCUT2D eigenvalue weighted by Crippen LogP contribution is 2.31. The van der Waals surface area contributed by atoms with E-state index >= 15 is 0 Å². The molecule has 0 spiro atoms. The van der Waals surface area contributed by atoms with Gasteiger partial charge in [-0.2, -0.15) is 0 Å². The average molecular weight is 408 g/mol. The van der Waals surface area contributed by atoms with E-state index in [-0.39, 0.29) is 17.7 Å². The summed E-state index contributed by atoms with van der Waals surface area (Å²) < 4.78 is 0.854. The smallest absolute Gasteiger partial charge is 0.258 e. The number of hydrogen-bond donors (Lipinski definition) is 1. The summed E-state index contributed by atoms with van der Waals surface area (Å²) in [7, 11) is 1.68. The number of carbonyl (C=O) groups is 2. The van der Waals surface area contributed by atoms with Gasteiger partial charge in [0.15, 0.2) is 0 Å². The molecule has 0 aliphatic heterocycles. The first-order valence-corrected chi connectivity index (χ1v) is 8.77. The monoisotopic (exact) mass is 406 g/mol. The number of amides is 2. The van der Waals surface area contributed by atoms with Crippen molar-refractivity contribution in [2.24, 2.45) is 5.92 Å². The van der Waals surface area contributed by atoms with E-state index in [1.54, 1.807) is 43.4 Å². The maximum atomic E-state index is 12.6. The second kappa shape index (κ2) is 6.95. The number of benzene rings is 2. The van der Waals surface area contributed by atoms with Gasteiger partial charge in [0.2, 0.25) is 5.91 Å². The molecule has 0 radical (unpaired) electrons. The molecule has 4 nitrogen and oxygen atoms in total. The number of nitrogens with zero attached hydrogens (tertiary/aromatic N) is 1. The Kier molecular flexibility index (Phi) is 4.92. The number of hydrogen-bond acceptors (Lipinski definition) is 2. The summed E-state index contributed by atoms with van der Waals surface area (Å²) in [5.74, 6) is 0.0316. The largest absolute Gasteiger partial charge is 0.326 e. The fourth-order valence-corrected chi connectivity index (χ4v) is 3.14. The minimum atomic E-state index is -0.167. The lowest BCUT2D eigenvalue weighted by molar-refractivity contribution is -0.117. The van der Waals surface area contributed by atoms with Crippen molar-refractivity contribution in [2.75, 3.05) is 17.3 Å². The van der Waals surface area contributed by atoms with Crippen molar-refractivity contribution in [3.05, 3.63) is 57.5 Å². The van der Waals surface area contributed by atoms with Gasteiger partial charge in [0.05, 0.1) is 10.7 Å². The maximum absolute atomic E-state index is 12.6. The molecule has 0 heterocycles. The van der Waals surface area contributed by atoms with Gasteiger partial charge >= 0.3 is 0 Å². The van der Waals surface area contributed by atoms with Crippen LogP contribution in [0.1, 0.15) is 23.2 Å². The maximum Gasteiger partial charge on any atom is 0.258 e. The van der Waals surface area contributed by atoms with Crippen LogP contribution in [-0.2, 0) is 4.79 Å². The molecule has 0 unspecified atom stereocenters. The molecule has 2 aromatic carbocycles. The van der Waals surface area contributed by atoms with Gasteiger partial charge in [-0.15, -0.1) is 0 Å². The van der Waals surface area contributed by atoms with Crippen molar-refractivity contribution in [1.29, 1.82) is 0 Å². The normalized spacial score (nSPS) is 13.5. The zero-order valence-corrected chi connectivity index (χ0v) is 15.4. The van der Waals surface area contributed by atoms with Crippen LogP contribution in [0, 0.1) is 5.92 Å². The number of halogens is 2. The van der Waals surface area contributed by atoms with Crippen molar-refractivity contribution in [1.82, 2.24) is 0 Å². The fourth-order valence-electron chi connectivity index (χ4n) is 2.34. The molecule has 0 atom stereocenters. The van der Waals surface area contributed by atoms with Crippen molar-refractivity contribution in [3.8, 4) is 0 Å². The SMILES string of the molecule is CN(C(=O)c1ccc(NC(=O)C2CC2)cc1)c1ccc(Br)cc1Cl. The van der Waals surface area contributed by atoms with Gasteiger partial charge in [0.25, 0.3) is 5.91 Å². The van der Waals surface area contributed by atoms with Gasteiger partial charge in [0, 0.05) is 28.7 Å². The predicted molar refractivity (Wildman–Crippen MR) is 99.7 cm³/mol. The first-order chi connectivity index (χ1) is 11.5. The molecule has 1 N–H and O–H groups in total. The van der Waals surface area contributed by atoms with Gasteiger partial charge in [-0.3, -0.25) is 9.59 Å². The molecular formula is C18H16BrClN2O2. The Bertz CT molecular complexity index is 788. The summed E-state index contributed by atoms with van der Waals surface area (Å²) in [6.07, 6.45) is 1.92. The van der Waals surface area contributed by atoms with Crippen LogP contribution < -0.4 is 10.2 Å². The van der Waals surface area contributed by atoms with Crippen molar-refractivity contribution in [2.45, 2.75) is 12.8 Å². The van der Waals surface area contributed by atoms with Crippen LogP contribution in [0.2, 0.25) is 5.02 Å². The number of carbonyl (C=O) groups excluding carboxylic acids is 2. The highest BCUT2D eigenvalue weighted by molar-refractivity contribution is 9.10. The molecule has 0 aromatic heterocycles. The third kappa shape index (κ3) is 3.79. The average Bonchev–Trinajstić information content (AvgIpc) is 3.39. The van der Waals surface area contributed by atoms with E-state index in [0.29, 0.717) is 22.0 Å². The molecule has 1 saturated carbocycles. The van der Waals surface area contributed by atoms with Crippen LogP contribution in [-0.4, -0.2) is 18.9 Å². The van der Waals surface area contributed by atoms with Crippen molar-refractivity contribution in [3.63, 3.8) is 0 Å². The lowest BCUT2D eigenvalue weighted by Gasteiger charge is -2.19. The molecular weight excluding hydrogens is 392 g/mol. The highest BCUT2D eigenvalue weighted by Gasteiger charge is 2.29. The van der Waals surface area contributed by atoms with E-state index in [9.17, 15) is 9.59 Å². The van der Waals surface area contributed by atoms with E-state index in [4.69, 9.17) is 11.6 Å². The molecule has 1 aliphatic carbocycles. The number of rotatable bonds is 4. The lowest BCUT2D eigenvalue weighted by Crippen LogP contribution is -2.26. The first kappa shape index (κ1) is 17.0. The molecule has 2 aromatic rings. The van der Waals surface area contributed by atoms with E-state index in [2.05, 4.69) is 21.2 Å². The molecule has 3 rings (SSSR count). The third-order valence-electron chi connectivity index (χ3n) is 3.92.